The Labute approximate surface area is 142 Å². The number of anilines is 2. The number of hydrogen-bond donors (Lipinski definition) is 2. The largest absolute Gasteiger partial charge is 0.376 e. The third kappa shape index (κ3) is 4.71. The number of amides is 2. The second kappa shape index (κ2) is 8.53. The lowest BCUT2D eigenvalue weighted by atomic mass is 10.1. The Morgan fingerprint density at radius 2 is 1.75 bits per heavy atom. The summed E-state index contributed by atoms with van der Waals surface area (Å²) in [6.45, 7) is 4.16. The minimum absolute atomic E-state index is 0.0866. The molecule has 2 N–H and O–H groups in total. The van der Waals surface area contributed by atoms with Crippen LogP contribution in [0.5, 0.6) is 0 Å². The second-order valence-electron chi connectivity index (χ2n) is 5.22. The molecule has 0 saturated carbocycles. The van der Waals surface area contributed by atoms with Gasteiger partial charge < -0.3 is 15.5 Å². The maximum Gasteiger partial charge on any atom is 0.258 e. The fourth-order valence-corrected chi connectivity index (χ4v) is 2.12. The molecule has 2 amide bonds. The second-order valence-corrected chi connectivity index (χ2v) is 5.22. The summed E-state index contributed by atoms with van der Waals surface area (Å²) in [5.41, 5.74) is 2.20. The van der Waals surface area contributed by atoms with Crippen molar-refractivity contribution in [3.63, 3.8) is 0 Å². The highest BCUT2D eigenvalue weighted by Gasteiger charge is 2.13. The van der Waals surface area contributed by atoms with Gasteiger partial charge in [0, 0.05) is 30.5 Å². The molecule has 0 atom stereocenters. The van der Waals surface area contributed by atoms with Crippen LogP contribution in [0.15, 0.2) is 67.3 Å². The highest BCUT2D eigenvalue weighted by atomic mass is 16.2. The van der Waals surface area contributed by atoms with Gasteiger partial charge in [-0.2, -0.15) is 0 Å². The maximum atomic E-state index is 12.5. The van der Waals surface area contributed by atoms with Crippen molar-refractivity contribution in [1.29, 1.82) is 0 Å². The van der Waals surface area contributed by atoms with E-state index in [0.717, 1.165) is 11.4 Å². The third-order valence-electron chi connectivity index (χ3n) is 3.48. The summed E-state index contributed by atoms with van der Waals surface area (Å²) in [4.78, 5) is 25.6. The minimum atomic E-state index is -0.112. The first-order valence-electron chi connectivity index (χ1n) is 7.66. The van der Waals surface area contributed by atoms with Gasteiger partial charge >= 0.3 is 0 Å². The minimum Gasteiger partial charge on any atom is -0.376 e. The van der Waals surface area contributed by atoms with Crippen molar-refractivity contribution < 1.29 is 9.59 Å². The van der Waals surface area contributed by atoms with Gasteiger partial charge in [0.25, 0.3) is 5.91 Å². The number of nitrogens with zero attached hydrogens (tertiary/aromatic N) is 1. The zero-order valence-electron chi connectivity index (χ0n) is 13.7. The molecule has 0 aliphatic carbocycles. The van der Waals surface area contributed by atoms with E-state index < -0.39 is 0 Å². The smallest absolute Gasteiger partial charge is 0.258 e. The predicted octanol–water partition coefficient (Wildman–Crippen LogP) is 2.68. The zero-order valence-corrected chi connectivity index (χ0v) is 13.7. The normalized spacial score (nSPS) is 9.88. The summed E-state index contributed by atoms with van der Waals surface area (Å²) in [6, 6.07) is 16.5. The number of nitrogens with one attached hydrogen (secondary N) is 2. The van der Waals surface area contributed by atoms with Crippen molar-refractivity contribution in [1.82, 2.24) is 5.32 Å². The fraction of sp³-hybridized carbons (Fsp3) is 0.158. The molecular weight excluding hydrogens is 302 g/mol. The molecule has 0 spiro atoms. The van der Waals surface area contributed by atoms with Crippen LogP contribution in [0.3, 0.4) is 0 Å². The number of carbonyl (C=O) groups excluding carboxylic acids is 2. The lowest BCUT2D eigenvalue weighted by Crippen LogP contribution is -2.29. The molecule has 2 aromatic carbocycles. The summed E-state index contributed by atoms with van der Waals surface area (Å²) in [6.07, 6.45) is 1.63. The molecule has 5 nitrogen and oxygen atoms in total. The Morgan fingerprint density at radius 3 is 2.38 bits per heavy atom. The Bertz CT molecular complexity index is 696. The molecule has 0 fully saturated rings. The van der Waals surface area contributed by atoms with E-state index in [9.17, 15) is 9.59 Å². The Hall–Kier alpha value is -3.08. The molecule has 0 bridgehead atoms. The first-order chi connectivity index (χ1) is 11.6. The van der Waals surface area contributed by atoms with Crippen LogP contribution in [0.4, 0.5) is 11.4 Å². The summed E-state index contributed by atoms with van der Waals surface area (Å²) < 4.78 is 0. The van der Waals surface area contributed by atoms with Gasteiger partial charge in [0.05, 0.1) is 6.54 Å². The molecule has 0 unspecified atom stereocenters. The maximum absolute atomic E-state index is 12.5. The quantitative estimate of drug-likeness (QED) is 0.770. The molecule has 2 rings (SSSR count). The van der Waals surface area contributed by atoms with Crippen molar-refractivity contribution in [2.45, 2.75) is 0 Å². The fourth-order valence-electron chi connectivity index (χ4n) is 2.12. The SMILES string of the molecule is C=CCNC(=O)CNc1ccc(C(=O)N(C)c2ccccc2)cc1. The van der Waals surface area contributed by atoms with Crippen LogP contribution in [0.25, 0.3) is 0 Å². The van der Waals surface area contributed by atoms with E-state index in [0.29, 0.717) is 12.1 Å². The Morgan fingerprint density at radius 1 is 1.08 bits per heavy atom. The number of para-hydroxylation sites is 1. The molecule has 0 aliphatic rings. The van der Waals surface area contributed by atoms with Crippen molar-refractivity contribution in [3.05, 3.63) is 72.8 Å². The van der Waals surface area contributed by atoms with Crippen LogP contribution in [-0.4, -0.2) is 32.0 Å². The zero-order chi connectivity index (χ0) is 17.4. The van der Waals surface area contributed by atoms with Gasteiger partial charge in [-0.25, -0.2) is 0 Å². The molecule has 0 heterocycles. The standard InChI is InChI=1S/C19H21N3O2/c1-3-13-20-18(23)14-21-16-11-9-15(10-12-16)19(24)22(2)17-7-5-4-6-8-17/h3-12,21H,1,13-14H2,2H3,(H,20,23). The molecular formula is C19H21N3O2. The van der Waals surface area contributed by atoms with Gasteiger partial charge in [0.1, 0.15) is 0 Å². The molecule has 0 aliphatic heterocycles. The highest BCUT2D eigenvalue weighted by Crippen LogP contribution is 2.16. The molecule has 124 valence electrons. The van der Waals surface area contributed by atoms with E-state index in [1.165, 1.54) is 0 Å². The molecule has 24 heavy (non-hydrogen) atoms. The van der Waals surface area contributed by atoms with Gasteiger partial charge in [0.2, 0.25) is 5.91 Å². The van der Waals surface area contributed by atoms with Crippen LogP contribution in [0.1, 0.15) is 10.4 Å². The van der Waals surface area contributed by atoms with Crippen LogP contribution in [0, 0.1) is 0 Å². The average molecular weight is 323 g/mol. The van der Waals surface area contributed by atoms with E-state index >= 15 is 0 Å². The Kier molecular flexibility index (Phi) is 6.14. The summed E-state index contributed by atoms with van der Waals surface area (Å²) in [7, 11) is 1.74. The molecule has 0 aromatic heterocycles. The predicted molar refractivity (Wildman–Crippen MR) is 97.3 cm³/mol. The number of rotatable bonds is 7. The van der Waals surface area contributed by atoms with Crippen LogP contribution in [-0.2, 0) is 4.79 Å². The van der Waals surface area contributed by atoms with Crippen molar-refractivity contribution >= 4 is 23.2 Å². The number of benzene rings is 2. The summed E-state index contributed by atoms with van der Waals surface area (Å²) in [5.74, 6) is -0.199. The molecule has 0 saturated heterocycles. The topological polar surface area (TPSA) is 61.4 Å². The van der Waals surface area contributed by atoms with E-state index in [4.69, 9.17) is 0 Å². The van der Waals surface area contributed by atoms with Crippen LogP contribution >= 0.6 is 0 Å². The van der Waals surface area contributed by atoms with Gasteiger partial charge in [-0.05, 0) is 36.4 Å². The Balaban J connectivity index is 1.95. The van der Waals surface area contributed by atoms with Crippen LogP contribution in [0.2, 0.25) is 0 Å². The van der Waals surface area contributed by atoms with Crippen molar-refractivity contribution in [2.75, 3.05) is 30.4 Å². The van der Waals surface area contributed by atoms with Crippen LogP contribution < -0.4 is 15.5 Å². The van der Waals surface area contributed by atoms with E-state index in [1.54, 1.807) is 42.3 Å². The average Bonchev–Trinajstić information content (AvgIpc) is 2.64. The van der Waals surface area contributed by atoms with Crippen molar-refractivity contribution in [3.8, 4) is 0 Å². The first kappa shape index (κ1) is 17.3. The summed E-state index contributed by atoms with van der Waals surface area (Å²) >= 11 is 0. The van der Waals surface area contributed by atoms with Gasteiger partial charge in [0.15, 0.2) is 0 Å². The molecule has 5 heteroatoms. The van der Waals surface area contributed by atoms with E-state index in [1.807, 2.05) is 30.3 Å². The molecule has 2 aromatic rings. The molecule has 0 radical (unpaired) electrons. The number of carbonyl (C=O) groups is 2. The van der Waals surface area contributed by atoms with Gasteiger partial charge in [-0.3, -0.25) is 9.59 Å². The third-order valence-corrected chi connectivity index (χ3v) is 3.48. The van der Waals surface area contributed by atoms with E-state index in [-0.39, 0.29) is 18.4 Å². The van der Waals surface area contributed by atoms with Gasteiger partial charge in [-0.1, -0.05) is 24.3 Å². The monoisotopic (exact) mass is 323 g/mol. The highest BCUT2D eigenvalue weighted by molar-refractivity contribution is 6.05. The lowest BCUT2D eigenvalue weighted by molar-refractivity contribution is -0.119. The first-order valence-corrected chi connectivity index (χ1v) is 7.66. The van der Waals surface area contributed by atoms with E-state index in [2.05, 4.69) is 17.2 Å². The number of hydrogen-bond acceptors (Lipinski definition) is 3. The summed E-state index contributed by atoms with van der Waals surface area (Å²) in [5, 5.41) is 5.69. The van der Waals surface area contributed by atoms with Gasteiger partial charge in [-0.15, -0.1) is 6.58 Å². The van der Waals surface area contributed by atoms with Crippen molar-refractivity contribution in [2.24, 2.45) is 0 Å². The lowest BCUT2D eigenvalue weighted by Gasteiger charge is -2.17.